The van der Waals surface area contributed by atoms with E-state index in [2.05, 4.69) is 31.9 Å². The third kappa shape index (κ3) is 5.04. The molecule has 0 saturated heterocycles. The fourth-order valence-corrected chi connectivity index (χ4v) is 1.59. The molecule has 0 rings (SSSR count). The number of ketones is 1. The second-order valence-corrected chi connectivity index (χ2v) is 4.96. The predicted molar refractivity (Wildman–Crippen MR) is 55.6 cm³/mol. The highest BCUT2D eigenvalue weighted by Gasteiger charge is 2.18. The lowest BCUT2D eigenvalue weighted by atomic mass is 10.00. The Morgan fingerprint density at radius 2 is 2.17 bits per heavy atom. The first kappa shape index (κ1) is 12.3. The van der Waals surface area contributed by atoms with Crippen molar-refractivity contribution in [3.8, 4) is 0 Å². The molecule has 0 bridgehead atoms. The number of Topliss-reactive ketones (excluding diaryl/α,β-unsaturated/α-hetero) is 1. The van der Waals surface area contributed by atoms with Crippen molar-refractivity contribution in [2.75, 3.05) is 5.33 Å². The van der Waals surface area contributed by atoms with Gasteiger partial charge in [0.05, 0.1) is 5.92 Å². The topological polar surface area (TPSA) is 34.1 Å². The molecule has 4 heteroatoms. The fraction of sp³-hybridized carbons (Fsp3) is 0.750. The zero-order valence-corrected chi connectivity index (χ0v) is 10.0. The zero-order valence-electron chi connectivity index (χ0n) is 6.85. The summed E-state index contributed by atoms with van der Waals surface area (Å²) in [7, 11) is 0. The van der Waals surface area contributed by atoms with Gasteiger partial charge in [-0.15, -0.1) is 0 Å². The molecule has 0 aromatic rings. The fourth-order valence-electron chi connectivity index (χ4n) is 0.814. The summed E-state index contributed by atoms with van der Waals surface area (Å²) in [5, 5.41) is 0.662. The summed E-state index contributed by atoms with van der Waals surface area (Å²) >= 11 is 6.44. The van der Waals surface area contributed by atoms with Gasteiger partial charge in [0.1, 0.15) is 5.78 Å². The van der Waals surface area contributed by atoms with Gasteiger partial charge >= 0.3 is 0 Å². The van der Waals surface area contributed by atoms with Gasteiger partial charge in [-0.1, -0.05) is 38.8 Å². The number of hydrogen-bond acceptors (Lipinski definition) is 2. The molecule has 0 saturated carbocycles. The van der Waals surface area contributed by atoms with E-state index in [1.807, 2.05) is 6.92 Å². The van der Waals surface area contributed by atoms with Crippen molar-refractivity contribution < 1.29 is 9.59 Å². The predicted octanol–water partition coefficient (Wildman–Crippen LogP) is 2.24. The molecule has 2 unspecified atom stereocenters. The van der Waals surface area contributed by atoms with E-state index in [1.165, 1.54) is 0 Å². The first-order chi connectivity index (χ1) is 5.61. The van der Waals surface area contributed by atoms with Crippen molar-refractivity contribution in [3.63, 3.8) is 0 Å². The van der Waals surface area contributed by atoms with Crippen LogP contribution in [0.5, 0.6) is 0 Å². The Morgan fingerprint density at radius 1 is 1.58 bits per heavy atom. The molecule has 69 valence electrons. The van der Waals surface area contributed by atoms with Gasteiger partial charge in [0.25, 0.3) is 0 Å². The lowest BCUT2D eigenvalue weighted by Gasteiger charge is -2.07. The monoisotopic (exact) mass is 297 g/mol. The van der Waals surface area contributed by atoms with Gasteiger partial charge in [-0.05, 0) is 6.42 Å². The van der Waals surface area contributed by atoms with E-state index in [4.69, 9.17) is 0 Å². The number of carbonyl (C=O) groups is 1. The molecule has 0 spiro atoms. The molecule has 0 aliphatic heterocycles. The highest BCUT2D eigenvalue weighted by Crippen LogP contribution is 2.11. The van der Waals surface area contributed by atoms with Crippen LogP contribution in [0.1, 0.15) is 19.8 Å². The summed E-state index contributed by atoms with van der Waals surface area (Å²) in [6.45, 7) is 1.88. The molecule has 0 aliphatic carbocycles. The van der Waals surface area contributed by atoms with Crippen LogP contribution in [-0.2, 0) is 9.59 Å². The van der Waals surface area contributed by atoms with Crippen LogP contribution in [0.2, 0.25) is 0 Å². The van der Waals surface area contributed by atoms with Crippen molar-refractivity contribution >= 4 is 43.9 Å². The Morgan fingerprint density at radius 3 is 2.50 bits per heavy atom. The minimum absolute atomic E-state index is 0.0335. The van der Waals surface area contributed by atoms with Crippen LogP contribution in [0, 0.1) is 5.92 Å². The van der Waals surface area contributed by atoms with Crippen LogP contribution < -0.4 is 0 Å². The maximum absolute atomic E-state index is 11.3. The minimum atomic E-state index is -0.552. The number of hydrogen-bond donors (Lipinski definition) is 0. The summed E-state index contributed by atoms with van der Waals surface area (Å²) < 4.78 is 0. The first-order valence-corrected chi connectivity index (χ1v) is 5.76. The lowest BCUT2D eigenvalue weighted by molar-refractivity contribution is -0.120. The zero-order chi connectivity index (χ0) is 9.56. The number of alkyl halides is 2. The van der Waals surface area contributed by atoms with Crippen molar-refractivity contribution in [3.05, 3.63) is 0 Å². The van der Waals surface area contributed by atoms with Gasteiger partial charge in [0, 0.05) is 16.6 Å². The van der Waals surface area contributed by atoms with Crippen LogP contribution >= 0.6 is 31.9 Å². The molecule has 1 radical (unpaired) electrons. The average molecular weight is 299 g/mol. The van der Waals surface area contributed by atoms with Gasteiger partial charge in [-0.2, -0.15) is 0 Å². The van der Waals surface area contributed by atoms with Crippen LogP contribution in [0.25, 0.3) is 0 Å². The van der Waals surface area contributed by atoms with Crippen LogP contribution in [0.3, 0.4) is 0 Å². The first-order valence-electron chi connectivity index (χ1n) is 3.72. The van der Waals surface area contributed by atoms with E-state index >= 15 is 0 Å². The summed E-state index contributed by atoms with van der Waals surface area (Å²) in [4.78, 5) is 21.7. The molecule has 2 nitrogen and oxygen atoms in total. The van der Waals surface area contributed by atoms with E-state index in [-0.39, 0.29) is 10.6 Å². The average Bonchev–Trinajstić information content (AvgIpc) is 1.98. The molecule has 0 aliphatic rings. The molecule has 2 atom stereocenters. The van der Waals surface area contributed by atoms with E-state index in [0.29, 0.717) is 18.2 Å². The van der Waals surface area contributed by atoms with Crippen molar-refractivity contribution in [2.24, 2.45) is 5.92 Å². The number of rotatable bonds is 6. The molecule has 12 heavy (non-hydrogen) atoms. The second-order valence-electron chi connectivity index (χ2n) is 2.60. The summed E-state index contributed by atoms with van der Waals surface area (Å²) in [5.41, 5.74) is 0. The van der Waals surface area contributed by atoms with Gasteiger partial charge in [0.2, 0.25) is 6.29 Å². The van der Waals surface area contributed by atoms with Crippen LogP contribution in [0.4, 0.5) is 0 Å². The Hall–Kier alpha value is 0.300. The summed E-state index contributed by atoms with van der Waals surface area (Å²) in [6, 6.07) is 0. The third-order valence-corrected chi connectivity index (χ3v) is 2.19. The van der Waals surface area contributed by atoms with E-state index in [1.54, 1.807) is 6.29 Å². The Labute approximate surface area is 89.4 Å². The minimum Gasteiger partial charge on any atom is -0.299 e. The van der Waals surface area contributed by atoms with Gasteiger partial charge in [-0.3, -0.25) is 9.59 Å². The molecule has 0 aromatic carbocycles. The lowest BCUT2D eigenvalue weighted by Crippen LogP contribution is -2.18. The van der Waals surface area contributed by atoms with Crippen molar-refractivity contribution in [2.45, 2.75) is 24.6 Å². The quantitative estimate of drug-likeness (QED) is 0.557. The molecule has 0 aromatic heterocycles. The standard InChI is InChI=1S/C8H11Br2O2/c1-6(10)4-8(12)7(5-11)2-3-9/h6-7H,2-4H2,1H3. The summed E-state index contributed by atoms with van der Waals surface area (Å²) in [6.07, 6.45) is 2.70. The van der Waals surface area contributed by atoms with E-state index in [0.717, 1.165) is 0 Å². The Kier molecular flexibility index (Phi) is 6.95. The Balaban J connectivity index is 3.93. The second kappa shape index (κ2) is 6.78. The highest BCUT2D eigenvalue weighted by molar-refractivity contribution is 9.09. The molecule has 0 amide bonds. The normalized spacial score (nSPS) is 15.2. The molecular weight excluding hydrogens is 288 g/mol. The molecule has 0 N–H and O–H groups in total. The summed E-state index contributed by atoms with van der Waals surface area (Å²) in [5.74, 6) is -0.585. The van der Waals surface area contributed by atoms with Gasteiger partial charge in [0.15, 0.2) is 0 Å². The maximum atomic E-state index is 11.3. The van der Waals surface area contributed by atoms with Crippen molar-refractivity contribution in [1.82, 2.24) is 0 Å². The molecule has 0 fully saturated rings. The largest absolute Gasteiger partial charge is 0.299 e. The van der Waals surface area contributed by atoms with E-state index < -0.39 is 5.92 Å². The number of halogens is 2. The highest BCUT2D eigenvalue weighted by atomic mass is 79.9. The number of carbonyl (C=O) groups excluding carboxylic acids is 2. The Bertz CT molecular complexity index is 157. The maximum Gasteiger partial charge on any atom is 0.209 e. The van der Waals surface area contributed by atoms with Crippen LogP contribution in [-0.4, -0.2) is 22.2 Å². The van der Waals surface area contributed by atoms with Crippen LogP contribution in [0.15, 0.2) is 0 Å². The smallest absolute Gasteiger partial charge is 0.209 e. The van der Waals surface area contributed by atoms with Crippen molar-refractivity contribution in [1.29, 1.82) is 0 Å². The third-order valence-electron chi connectivity index (χ3n) is 1.41. The van der Waals surface area contributed by atoms with E-state index in [9.17, 15) is 9.59 Å². The van der Waals surface area contributed by atoms with Gasteiger partial charge < -0.3 is 0 Å². The molecular formula is C8H11Br2O2. The van der Waals surface area contributed by atoms with Gasteiger partial charge in [-0.25, -0.2) is 0 Å². The molecule has 0 heterocycles. The SMILES string of the molecule is CC(Br)CC(=O)C([C]=O)CCBr.